The lowest BCUT2D eigenvalue weighted by Gasteiger charge is -2.24. The van der Waals surface area contributed by atoms with Crippen molar-refractivity contribution in [3.05, 3.63) is 12.7 Å². The minimum absolute atomic E-state index is 0.0796. The van der Waals surface area contributed by atoms with Gasteiger partial charge in [-0.2, -0.15) is 0 Å². The second-order valence-electron chi connectivity index (χ2n) is 3.30. The summed E-state index contributed by atoms with van der Waals surface area (Å²) in [6.45, 7) is 12.8. The summed E-state index contributed by atoms with van der Waals surface area (Å²) in [5.74, 6) is -0.0796. The summed E-state index contributed by atoms with van der Waals surface area (Å²) < 4.78 is 0. The van der Waals surface area contributed by atoms with E-state index in [-0.39, 0.29) is 11.9 Å². The Morgan fingerprint density at radius 1 is 1.43 bits per heavy atom. The van der Waals surface area contributed by atoms with Crippen LogP contribution in [0.15, 0.2) is 12.7 Å². The molecule has 0 aromatic rings. The second kappa shape index (κ2) is 7.56. The molecule has 0 heterocycles. The zero-order valence-corrected chi connectivity index (χ0v) is 9.55. The zero-order chi connectivity index (χ0) is 11.0. The Balaban J connectivity index is 4.00. The van der Waals surface area contributed by atoms with Crippen LogP contribution < -0.4 is 5.32 Å². The average Bonchev–Trinajstić information content (AvgIpc) is 2.23. The standard InChI is InChI=1S/C11H22N2O/c1-5-10(12-11(14)6-2)9-13(7-3)8-4/h6,10H,2,5,7-9H2,1,3-4H3,(H,12,14). The van der Waals surface area contributed by atoms with Gasteiger partial charge in [0.15, 0.2) is 0 Å². The van der Waals surface area contributed by atoms with E-state index in [0.29, 0.717) is 0 Å². The minimum atomic E-state index is -0.0796. The van der Waals surface area contributed by atoms with Gasteiger partial charge in [0.2, 0.25) is 5.91 Å². The first kappa shape index (κ1) is 13.2. The lowest BCUT2D eigenvalue weighted by molar-refractivity contribution is -0.117. The number of rotatable bonds is 7. The van der Waals surface area contributed by atoms with E-state index in [0.717, 1.165) is 26.1 Å². The van der Waals surface area contributed by atoms with Crippen molar-refractivity contribution in [2.45, 2.75) is 33.2 Å². The molecular formula is C11H22N2O. The predicted octanol–water partition coefficient (Wildman–Crippen LogP) is 1.41. The molecule has 14 heavy (non-hydrogen) atoms. The highest BCUT2D eigenvalue weighted by molar-refractivity contribution is 5.87. The van der Waals surface area contributed by atoms with E-state index in [9.17, 15) is 4.79 Å². The van der Waals surface area contributed by atoms with Gasteiger partial charge >= 0.3 is 0 Å². The highest BCUT2D eigenvalue weighted by Crippen LogP contribution is 1.96. The van der Waals surface area contributed by atoms with Crippen LogP contribution in [0.25, 0.3) is 0 Å². The van der Waals surface area contributed by atoms with Crippen molar-refractivity contribution >= 4 is 5.91 Å². The minimum Gasteiger partial charge on any atom is -0.349 e. The van der Waals surface area contributed by atoms with E-state index < -0.39 is 0 Å². The third kappa shape index (κ3) is 5.02. The number of hydrogen-bond acceptors (Lipinski definition) is 2. The van der Waals surface area contributed by atoms with Crippen LogP contribution in [-0.2, 0) is 4.79 Å². The summed E-state index contributed by atoms with van der Waals surface area (Å²) in [4.78, 5) is 13.4. The molecule has 3 nitrogen and oxygen atoms in total. The monoisotopic (exact) mass is 198 g/mol. The molecule has 0 fully saturated rings. The van der Waals surface area contributed by atoms with Crippen molar-refractivity contribution in [2.75, 3.05) is 19.6 Å². The van der Waals surface area contributed by atoms with Crippen LogP contribution >= 0.6 is 0 Å². The van der Waals surface area contributed by atoms with Crippen LogP contribution in [0.5, 0.6) is 0 Å². The highest BCUT2D eigenvalue weighted by atomic mass is 16.1. The molecule has 1 atom stereocenters. The Kier molecular flexibility index (Phi) is 7.11. The third-order valence-corrected chi connectivity index (χ3v) is 2.40. The SMILES string of the molecule is C=CC(=O)NC(CC)CN(CC)CC. The number of nitrogens with zero attached hydrogens (tertiary/aromatic N) is 1. The van der Waals surface area contributed by atoms with Gasteiger partial charge in [0.1, 0.15) is 0 Å². The molecule has 1 amide bonds. The zero-order valence-electron chi connectivity index (χ0n) is 9.55. The molecule has 0 radical (unpaired) electrons. The Hall–Kier alpha value is -0.830. The molecule has 0 aliphatic rings. The fourth-order valence-electron chi connectivity index (χ4n) is 1.33. The lowest BCUT2D eigenvalue weighted by Crippen LogP contribution is -2.42. The van der Waals surface area contributed by atoms with E-state index in [2.05, 4.69) is 37.6 Å². The Labute approximate surface area is 87.2 Å². The van der Waals surface area contributed by atoms with Crippen molar-refractivity contribution in [3.63, 3.8) is 0 Å². The van der Waals surface area contributed by atoms with Crippen molar-refractivity contribution < 1.29 is 4.79 Å². The van der Waals surface area contributed by atoms with Gasteiger partial charge in [0.25, 0.3) is 0 Å². The molecule has 0 aromatic heterocycles. The summed E-state index contributed by atoms with van der Waals surface area (Å²) in [6.07, 6.45) is 2.28. The van der Waals surface area contributed by atoms with Crippen LogP contribution in [0.4, 0.5) is 0 Å². The predicted molar refractivity (Wildman–Crippen MR) is 60.2 cm³/mol. The first-order chi connectivity index (χ1) is 6.67. The number of carbonyl (C=O) groups is 1. The molecule has 0 saturated carbocycles. The molecule has 0 bridgehead atoms. The molecule has 1 unspecified atom stereocenters. The number of amides is 1. The molecule has 82 valence electrons. The van der Waals surface area contributed by atoms with Gasteiger partial charge in [-0.15, -0.1) is 0 Å². The topological polar surface area (TPSA) is 32.3 Å². The highest BCUT2D eigenvalue weighted by Gasteiger charge is 2.11. The normalized spacial score (nSPS) is 12.6. The van der Waals surface area contributed by atoms with Gasteiger partial charge in [-0.05, 0) is 25.6 Å². The molecule has 0 saturated heterocycles. The maximum Gasteiger partial charge on any atom is 0.243 e. The molecule has 0 aromatic carbocycles. The fraction of sp³-hybridized carbons (Fsp3) is 0.727. The first-order valence-corrected chi connectivity index (χ1v) is 5.33. The van der Waals surface area contributed by atoms with Crippen molar-refractivity contribution in [2.24, 2.45) is 0 Å². The van der Waals surface area contributed by atoms with Gasteiger partial charge in [0.05, 0.1) is 0 Å². The van der Waals surface area contributed by atoms with Crippen molar-refractivity contribution in [3.8, 4) is 0 Å². The maximum absolute atomic E-state index is 11.1. The van der Waals surface area contributed by atoms with Gasteiger partial charge in [-0.3, -0.25) is 4.79 Å². The van der Waals surface area contributed by atoms with E-state index in [4.69, 9.17) is 0 Å². The molecule has 0 rings (SSSR count). The summed E-state index contributed by atoms with van der Waals surface area (Å²) in [6, 6.07) is 0.236. The fourth-order valence-corrected chi connectivity index (χ4v) is 1.33. The molecule has 0 aliphatic carbocycles. The number of nitrogens with one attached hydrogen (secondary N) is 1. The summed E-state index contributed by atoms with van der Waals surface area (Å²) >= 11 is 0. The number of hydrogen-bond donors (Lipinski definition) is 1. The summed E-state index contributed by atoms with van der Waals surface area (Å²) in [5, 5.41) is 2.92. The molecular weight excluding hydrogens is 176 g/mol. The molecule has 0 spiro atoms. The first-order valence-electron chi connectivity index (χ1n) is 5.33. The van der Waals surface area contributed by atoms with Crippen LogP contribution in [0.2, 0.25) is 0 Å². The number of likely N-dealkylation sites (N-methyl/N-ethyl adjacent to an activating group) is 1. The van der Waals surface area contributed by atoms with E-state index in [1.165, 1.54) is 6.08 Å². The quantitative estimate of drug-likeness (QED) is 0.627. The number of carbonyl (C=O) groups excluding carboxylic acids is 1. The molecule has 3 heteroatoms. The maximum atomic E-state index is 11.1. The third-order valence-electron chi connectivity index (χ3n) is 2.40. The van der Waals surface area contributed by atoms with Gasteiger partial charge in [-0.25, -0.2) is 0 Å². The smallest absolute Gasteiger partial charge is 0.243 e. The van der Waals surface area contributed by atoms with Crippen molar-refractivity contribution in [1.29, 1.82) is 0 Å². The van der Waals surface area contributed by atoms with Crippen molar-refractivity contribution in [1.82, 2.24) is 10.2 Å². The Morgan fingerprint density at radius 2 is 2.00 bits per heavy atom. The molecule has 0 aliphatic heterocycles. The largest absolute Gasteiger partial charge is 0.349 e. The van der Waals surface area contributed by atoms with Gasteiger partial charge in [0, 0.05) is 12.6 Å². The Bertz CT molecular complexity index is 176. The summed E-state index contributed by atoms with van der Waals surface area (Å²) in [5.41, 5.74) is 0. The van der Waals surface area contributed by atoms with Crippen LogP contribution in [-0.4, -0.2) is 36.5 Å². The van der Waals surface area contributed by atoms with Crippen LogP contribution in [0.3, 0.4) is 0 Å². The van der Waals surface area contributed by atoms with Crippen LogP contribution in [0, 0.1) is 0 Å². The molecule has 1 N–H and O–H groups in total. The Morgan fingerprint density at radius 3 is 2.36 bits per heavy atom. The van der Waals surface area contributed by atoms with Gasteiger partial charge < -0.3 is 10.2 Å². The second-order valence-corrected chi connectivity index (χ2v) is 3.30. The van der Waals surface area contributed by atoms with Gasteiger partial charge in [-0.1, -0.05) is 27.4 Å². The van der Waals surface area contributed by atoms with E-state index in [1.54, 1.807) is 0 Å². The van der Waals surface area contributed by atoms with Crippen LogP contribution in [0.1, 0.15) is 27.2 Å². The van der Waals surface area contributed by atoms with E-state index in [1.807, 2.05) is 0 Å². The van der Waals surface area contributed by atoms with E-state index >= 15 is 0 Å². The summed E-state index contributed by atoms with van der Waals surface area (Å²) in [7, 11) is 0. The average molecular weight is 198 g/mol. The lowest BCUT2D eigenvalue weighted by atomic mass is 10.2.